The molecule has 1 unspecified atom stereocenters. The molecule has 0 fully saturated rings. The van der Waals surface area contributed by atoms with Gasteiger partial charge in [0.25, 0.3) is 0 Å². The van der Waals surface area contributed by atoms with Crippen LogP contribution in [-0.2, 0) is 11.2 Å². The Balaban J connectivity index is 1.97. The van der Waals surface area contributed by atoms with Crippen LogP contribution in [0.15, 0.2) is 36.4 Å². The maximum absolute atomic E-state index is 13.4. The standard InChI is InChI=1S/C17H16FNO2/c1-10-2-5-13(18)9-14(10)17(21)12-3-6-15-11(8-12)4-7-16(20)19-15/h2-3,5-6,8-9,17,21H,4,7H2,1H3,(H,19,20). The van der Waals surface area contributed by atoms with E-state index in [-0.39, 0.29) is 11.7 Å². The van der Waals surface area contributed by atoms with Crippen molar-refractivity contribution in [2.75, 3.05) is 5.32 Å². The molecule has 4 heteroatoms. The van der Waals surface area contributed by atoms with Crippen LogP contribution in [0.25, 0.3) is 0 Å². The molecule has 1 aliphatic heterocycles. The molecular formula is C17H16FNO2. The molecule has 0 radical (unpaired) electrons. The first-order valence-electron chi connectivity index (χ1n) is 6.91. The number of aliphatic hydroxyl groups excluding tert-OH is 1. The van der Waals surface area contributed by atoms with Crippen molar-refractivity contribution >= 4 is 11.6 Å². The molecule has 1 atom stereocenters. The molecule has 0 saturated heterocycles. The molecule has 108 valence electrons. The number of rotatable bonds is 2. The molecule has 0 aliphatic carbocycles. The van der Waals surface area contributed by atoms with Gasteiger partial charge >= 0.3 is 0 Å². The Kier molecular flexibility index (Phi) is 3.47. The Morgan fingerprint density at radius 1 is 1.19 bits per heavy atom. The number of fused-ring (bicyclic) bond motifs is 1. The number of hydrogen-bond acceptors (Lipinski definition) is 2. The van der Waals surface area contributed by atoms with Gasteiger partial charge < -0.3 is 10.4 Å². The Bertz CT molecular complexity index is 712. The van der Waals surface area contributed by atoms with Crippen LogP contribution in [0.2, 0.25) is 0 Å². The zero-order valence-electron chi connectivity index (χ0n) is 11.7. The molecule has 3 rings (SSSR count). The predicted octanol–water partition coefficient (Wildman–Crippen LogP) is 3.10. The number of aliphatic hydroxyl groups is 1. The molecule has 1 amide bonds. The lowest BCUT2D eigenvalue weighted by molar-refractivity contribution is -0.116. The fraction of sp³-hybridized carbons (Fsp3) is 0.235. The molecule has 2 N–H and O–H groups in total. The summed E-state index contributed by atoms with van der Waals surface area (Å²) in [6.07, 6.45) is 0.235. The number of carbonyl (C=O) groups is 1. The third kappa shape index (κ3) is 2.67. The molecule has 2 aromatic carbocycles. The van der Waals surface area contributed by atoms with Gasteiger partial charge in [-0.15, -0.1) is 0 Å². The van der Waals surface area contributed by atoms with Crippen molar-refractivity contribution in [2.24, 2.45) is 0 Å². The molecule has 0 bridgehead atoms. The molecule has 21 heavy (non-hydrogen) atoms. The van der Waals surface area contributed by atoms with Crippen molar-refractivity contribution < 1.29 is 14.3 Å². The number of benzene rings is 2. The van der Waals surface area contributed by atoms with Gasteiger partial charge in [-0.1, -0.05) is 18.2 Å². The van der Waals surface area contributed by atoms with Crippen LogP contribution in [-0.4, -0.2) is 11.0 Å². The first-order chi connectivity index (χ1) is 10.0. The van der Waals surface area contributed by atoms with E-state index >= 15 is 0 Å². The highest BCUT2D eigenvalue weighted by Crippen LogP contribution is 2.30. The van der Waals surface area contributed by atoms with Crippen molar-refractivity contribution in [2.45, 2.75) is 25.9 Å². The predicted molar refractivity (Wildman–Crippen MR) is 78.6 cm³/mol. The summed E-state index contributed by atoms with van der Waals surface area (Å²) in [5.74, 6) is -0.350. The molecule has 1 aliphatic rings. The van der Waals surface area contributed by atoms with E-state index in [0.717, 1.165) is 16.8 Å². The second-order valence-corrected chi connectivity index (χ2v) is 5.37. The van der Waals surface area contributed by atoms with Crippen molar-refractivity contribution in [1.29, 1.82) is 0 Å². The third-order valence-electron chi connectivity index (χ3n) is 3.88. The smallest absolute Gasteiger partial charge is 0.224 e. The van der Waals surface area contributed by atoms with E-state index in [4.69, 9.17) is 0 Å². The van der Waals surface area contributed by atoms with Crippen molar-refractivity contribution in [1.82, 2.24) is 0 Å². The quantitative estimate of drug-likeness (QED) is 0.890. The zero-order chi connectivity index (χ0) is 15.0. The third-order valence-corrected chi connectivity index (χ3v) is 3.88. The van der Waals surface area contributed by atoms with Crippen LogP contribution in [0, 0.1) is 12.7 Å². The lowest BCUT2D eigenvalue weighted by Crippen LogP contribution is -2.19. The number of aryl methyl sites for hydroxylation is 2. The van der Waals surface area contributed by atoms with Gasteiger partial charge in [0.1, 0.15) is 11.9 Å². The number of nitrogens with one attached hydrogen (secondary N) is 1. The van der Waals surface area contributed by atoms with Gasteiger partial charge in [0.05, 0.1) is 0 Å². The second-order valence-electron chi connectivity index (χ2n) is 5.37. The summed E-state index contributed by atoms with van der Waals surface area (Å²) in [6, 6.07) is 9.84. The molecular weight excluding hydrogens is 269 g/mol. The largest absolute Gasteiger partial charge is 0.384 e. The molecule has 0 spiro atoms. The van der Waals surface area contributed by atoms with Gasteiger partial charge in [-0.2, -0.15) is 0 Å². The molecule has 1 heterocycles. The van der Waals surface area contributed by atoms with E-state index in [1.807, 2.05) is 13.0 Å². The minimum absolute atomic E-state index is 0.0109. The monoisotopic (exact) mass is 285 g/mol. The first-order valence-corrected chi connectivity index (χ1v) is 6.91. The lowest BCUT2D eigenvalue weighted by Gasteiger charge is -2.20. The normalized spacial score (nSPS) is 15.3. The Morgan fingerprint density at radius 2 is 2.00 bits per heavy atom. The van der Waals surface area contributed by atoms with E-state index in [0.29, 0.717) is 24.0 Å². The average molecular weight is 285 g/mol. The summed E-state index contributed by atoms with van der Waals surface area (Å²) >= 11 is 0. The maximum Gasteiger partial charge on any atom is 0.224 e. The maximum atomic E-state index is 13.4. The van der Waals surface area contributed by atoms with Gasteiger partial charge in [0, 0.05) is 12.1 Å². The topological polar surface area (TPSA) is 49.3 Å². The fourth-order valence-electron chi connectivity index (χ4n) is 2.66. The van der Waals surface area contributed by atoms with E-state index in [1.165, 1.54) is 12.1 Å². The zero-order valence-corrected chi connectivity index (χ0v) is 11.7. The van der Waals surface area contributed by atoms with Crippen LogP contribution in [0.5, 0.6) is 0 Å². The van der Waals surface area contributed by atoms with Crippen LogP contribution < -0.4 is 5.32 Å². The minimum atomic E-state index is -0.872. The molecule has 0 saturated carbocycles. The lowest BCUT2D eigenvalue weighted by atomic mass is 9.93. The van der Waals surface area contributed by atoms with Gasteiger partial charge in [-0.25, -0.2) is 4.39 Å². The van der Waals surface area contributed by atoms with E-state index in [2.05, 4.69) is 5.32 Å². The molecule has 3 nitrogen and oxygen atoms in total. The van der Waals surface area contributed by atoms with Crippen molar-refractivity contribution in [3.8, 4) is 0 Å². The summed E-state index contributed by atoms with van der Waals surface area (Å²) in [4.78, 5) is 11.3. The van der Waals surface area contributed by atoms with Crippen LogP contribution in [0.3, 0.4) is 0 Å². The summed E-state index contributed by atoms with van der Waals surface area (Å²) in [7, 11) is 0. The SMILES string of the molecule is Cc1ccc(F)cc1C(O)c1ccc2c(c1)CCC(=O)N2. The fourth-order valence-corrected chi connectivity index (χ4v) is 2.66. The summed E-state index contributed by atoms with van der Waals surface area (Å²) in [5, 5.41) is 13.3. The molecule has 2 aromatic rings. The number of carbonyl (C=O) groups excluding carboxylic acids is 1. The average Bonchev–Trinajstić information content (AvgIpc) is 2.48. The number of hydrogen-bond donors (Lipinski definition) is 2. The number of anilines is 1. The van der Waals surface area contributed by atoms with Crippen LogP contribution in [0.4, 0.5) is 10.1 Å². The summed E-state index contributed by atoms with van der Waals surface area (Å²) in [5.41, 5.74) is 3.90. The van der Waals surface area contributed by atoms with Crippen LogP contribution in [0.1, 0.15) is 34.8 Å². The van der Waals surface area contributed by atoms with E-state index in [9.17, 15) is 14.3 Å². The summed E-state index contributed by atoms with van der Waals surface area (Å²) < 4.78 is 13.4. The highest BCUT2D eigenvalue weighted by molar-refractivity contribution is 5.93. The Morgan fingerprint density at radius 3 is 2.81 bits per heavy atom. The highest BCUT2D eigenvalue weighted by atomic mass is 19.1. The van der Waals surface area contributed by atoms with E-state index in [1.54, 1.807) is 18.2 Å². The Labute approximate surface area is 122 Å². The van der Waals surface area contributed by atoms with Crippen LogP contribution >= 0.6 is 0 Å². The Hall–Kier alpha value is -2.20. The van der Waals surface area contributed by atoms with Crippen molar-refractivity contribution in [3.63, 3.8) is 0 Å². The second kappa shape index (κ2) is 5.30. The number of amides is 1. The van der Waals surface area contributed by atoms with Gasteiger partial charge in [-0.3, -0.25) is 4.79 Å². The van der Waals surface area contributed by atoms with Gasteiger partial charge in [-0.05, 0) is 53.8 Å². The van der Waals surface area contributed by atoms with Gasteiger partial charge in [0.2, 0.25) is 5.91 Å². The summed E-state index contributed by atoms with van der Waals surface area (Å²) in [6.45, 7) is 1.84. The first kappa shape index (κ1) is 13.8. The molecule has 0 aromatic heterocycles. The highest BCUT2D eigenvalue weighted by Gasteiger charge is 2.19. The minimum Gasteiger partial charge on any atom is -0.384 e. The van der Waals surface area contributed by atoms with Gasteiger partial charge in [0.15, 0.2) is 0 Å². The number of halogens is 1. The van der Waals surface area contributed by atoms with E-state index < -0.39 is 6.10 Å². The van der Waals surface area contributed by atoms with Crippen molar-refractivity contribution in [3.05, 3.63) is 64.5 Å².